The number of rotatable bonds is 11. The Morgan fingerprint density at radius 2 is 1.78 bits per heavy atom. The molecule has 7 heteroatoms. The first-order valence-corrected chi connectivity index (χ1v) is 9.75. The highest BCUT2D eigenvalue weighted by atomic mass is 28.2. The van der Waals surface area contributed by atoms with E-state index >= 15 is 0 Å². The van der Waals surface area contributed by atoms with Gasteiger partial charge >= 0.3 is 5.97 Å². The molecule has 0 saturated carbocycles. The maximum Gasteiger partial charge on any atom is 0.336 e. The van der Waals surface area contributed by atoms with Gasteiger partial charge < -0.3 is 19.9 Å². The third kappa shape index (κ3) is 6.94. The molecule has 128 valence electrons. The minimum Gasteiger partial charge on any atom is -0.478 e. The van der Waals surface area contributed by atoms with E-state index in [0.29, 0.717) is 19.8 Å². The van der Waals surface area contributed by atoms with Crippen LogP contribution in [0.3, 0.4) is 0 Å². The number of carboxylic acid groups (broad SMARTS) is 1. The zero-order valence-corrected chi connectivity index (χ0v) is 15.1. The van der Waals surface area contributed by atoms with Crippen molar-refractivity contribution in [1.29, 1.82) is 0 Å². The topological polar surface area (TPSA) is 84.9 Å². The molecule has 1 rings (SSSR count). The minimum absolute atomic E-state index is 0.0205. The number of aromatic carboxylic acids is 1. The van der Waals surface area contributed by atoms with Gasteiger partial charge in [0.25, 0.3) is 5.91 Å². The summed E-state index contributed by atoms with van der Waals surface area (Å²) < 4.78 is 11.0. The van der Waals surface area contributed by atoms with Gasteiger partial charge in [-0.1, -0.05) is 18.2 Å². The third-order valence-electron chi connectivity index (χ3n) is 3.26. The predicted octanol–water partition coefficient (Wildman–Crippen LogP) is 1.45. The number of carbonyl (C=O) groups is 2. The summed E-state index contributed by atoms with van der Waals surface area (Å²) >= 11 is 0. The summed E-state index contributed by atoms with van der Waals surface area (Å²) in [6.07, 6.45) is 0.837. The average molecular weight is 339 g/mol. The predicted molar refractivity (Wildman–Crippen MR) is 90.7 cm³/mol. The number of ether oxygens (including phenoxy) is 2. The van der Waals surface area contributed by atoms with Gasteiger partial charge in [-0.2, -0.15) is 0 Å². The number of hydrogen-bond acceptors (Lipinski definition) is 4. The van der Waals surface area contributed by atoms with E-state index in [2.05, 4.69) is 5.32 Å². The van der Waals surface area contributed by atoms with Crippen LogP contribution in [0.1, 0.15) is 41.0 Å². The standard InChI is InChI=1S/C16H25NO5Si/c1-3-21-16(22-4-2)23-11-7-10-17-14(18)12-8-5-6-9-13(12)15(19)20/h5-6,8-9,16H,3-4,7,10-11,23H2,1-2H3,(H,17,18)(H,19,20). The zero-order valence-electron chi connectivity index (χ0n) is 13.7. The van der Waals surface area contributed by atoms with Gasteiger partial charge in [0.05, 0.1) is 20.6 Å². The zero-order chi connectivity index (χ0) is 17.1. The second kappa shape index (κ2) is 10.9. The van der Waals surface area contributed by atoms with E-state index < -0.39 is 15.5 Å². The molecule has 0 fully saturated rings. The lowest BCUT2D eigenvalue weighted by Crippen LogP contribution is -2.28. The second-order valence-corrected chi connectivity index (χ2v) is 6.89. The first-order valence-electron chi connectivity index (χ1n) is 7.93. The van der Waals surface area contributed by atoms with Crippen molar-refractivity contribution in [3.63, 3.8) is 0 Å². The smallest absolute Gasteiger partial charge is 0.336 e. The van der Waals surface area contributed by atoms with E-state index in [4.69, 9.17) is 14.6 Å². The van der Waals surface area contributed by atoms with Crippen molar-refractivity contribution in [1.82, 2.24) is 5.32 Å². The number of carbonyl (C=O) groups excluding carboxylic acids is 1. The van der Waals surface area contributed by atoms with Crippen LogP contribution in [0.4, 0.5) is 0 Å². The molecule has 0 heterocycles. The highest BCUT2D eigenvalue weighted by Crippen LogP contribution is 2.08. The van der Waals surface area contributed by atoms with Gasteiger partial charge in [-0.05, 0) is 32.4 Å². The first kappa shape index (κ1) is 19.3. The molecule has 1 aromatic rings. The van der Waals surface area contributed by atoms with Gasteiger partial charge in [0.15, 0.2) is 0 Å². The number of carboxylic acids is 1. The van der Waals surface area contributed by atoms with E-state index in [1.807, 2.05) is 13.8 Å². The summed E-state index contributed by atoms with van der Waals surface area (Å²) in [5.41, 5.74) is 0.214. The fourth-order valence-electron chi connectivity index (χ4n) is 2.19. The number of hydrogen-bond donors (Lipinski definition) is 2. The van der Waals surface area contributed by atoms with Crippen LogP contribution in [0.25, 0.3) is 0 Å². The molecular formula is C16H25NO5Si. The van der Waals surface area contributed by atoms with Crippen LogP contribution < -0.4 is 5.32 Å². The Balaban J connectivity index is 2.36. The molecule has 2 N–H and O–H groups in total. The Labute approximate surface area is 139 Å². The van der Waals surface area contributed by atoms with Crippen LogP contribution >= 0.6 is 0 Å². The first-order chi connectivity index (χ1) is 11.1. The van der Waals surface area contributed by atoms with Crippen LogP contribution in [0.15, 0.2) is 24.3 Å². The molecule has 0 radical (unpaired) electrons. The van der Waals surface area contributed by atoms with Gasteiger partial charge in [-0.25, -0.2) is 4.79 Å². The normalized spacial score (nSPS) is 11.3. The van der Waals surface area contributed by atoms with E-state index in [0.717, 1.165) is 12.5 Å². The fourth-order valence-corrected chi connectivity index (χ4v) is 3.86. The molecule has 0 saturated heterocycles. The molecular weight excluding hydrogens is 314 g/mol. The van der Waals surface area contributed by atoms with E-state index in [1.165, 1.54) is 12.1 Å². The molecule has 23 heavy (non-hydrogen) atoms. The maximum atomic E-state index is 12.1. The minimum atomic E-state index is -1.10. The van der Waals surface area contributed by atoms with E-state index in [9.17, 15) is 9.59 Å². The SMILES string of the molecule is CCOC(OCC)[SiH2]CCCNC(=O)c1ccccc1C(=O)O. The lowest BCUT2D eigenvalue weighted by molar-refractivity contribution is -0.0827. The Morgan fingerprint density at radius 1 is 1.17 bits per heavy atom. The Bertz CT molecular complexity index is 503. The Hall–Kier alpha value is -1.70. The molecule has 0 aliphatic carbocycles. The highest BCUT2D eigenvalue weighted by Gasteiger charge is 2.15. The van der Waals surface area contributed by atoms with Crippen molar-refractivity contribution in [2.24, 2.45) is 0 Å². The quantitative estimate of drug-likeness (QED) is 0.362. The second-order valence-electron chi connectivity index (χ2n) is 4.94. The Morgan fingerprint density at radius 3 is 2.35 bits per heavy atom. The molecule has 0 aliphatic rings. The maximum absolute atomic E-state index is 12.1. The molecule has 0 bridgehead atoms. The molecule has 0 unspecified atom stereocenters. The molecule has 6 nitrogen and oxygen atoms in total. The van der Waals surface area contributed by atoms with Gasteiger partial charge in [0.2, 0.25) is 0 Å². The van der Waals surface area contributed by atoms with Crippen LogP contribution in [0, 0.1) is 0 Å². The molecule has 0 atom stereocenters. The van der Waals surface area contributed by atoms with Gasteiger partial charge in [-0.3, -0.25) is 4.79 Å². The van der Waals surface area contributed by atoms with Crippen LogP contribution in [0.5, 0.6) is 0 Å². The molecule has 0 aromatic heterocycles. The van der Waals surface area contributed by atoms with Gasteiger partial charge in [0, 0.05) is 19.8 Å². The van der Waals surface area contributed by atoms with Crippen molar-refractivity contribution in [2.45, 2.75) is 32.2 Å². The fraction of sp³-hybridized carbons (Fsp3) is 0.500. The van der Waals surface area contributed by atoms with Crippen molar-refractivity contribution in [2.75, 3.05) is 19.8 Å². The number of nitrogens with one attached hydrogen (secondary N) is 1. The summed E-state index contributed by atoms with van der Waals surface area (Å²) in [5.74, 6) is -1.51. The van der Waals surface area contributed by atoms with Crippen LogP contribution in [-0.4, -0.2) is 52.2 Å². The average Bonchev–Trinajstić information content (AvgIpc) is 2.54. The van der Waals surface area contributed by atoms with Crippen molar-refractivity contribution < 1.29 is 24.2 Å². The number of benzene rings is 1. The van der Waals surface area contributed by atoms with E-state index in [1.54, 1.807) is 12.1 Å². The Kier molecular flexibility index (Phi) is 9.19. The molecule has 0 spiro atoms. The summed E-state index contributed by atoms with van der Waals surface area (Å²) in [4.78, 5) is 23.2. The number of amides is 1. The van der Waals surface area contributed by atoms with Crippen LogP contribution in [0.2, 0.25) is 6.04 Å². The monoisotopic (exact) mass is 339 g/mol. The lowest BCUT2D eigenvalue weighted by Gasteiger charge is -2.16. The van der Waals surface area contributed by atoms with E-state index in [-0.39, 0.29) is 22.9 Å². The van der Waals surface area contributed by atoms with Crippen LogP contribution in [-0.2, 0) is 9.47 Å². The van der Waals surface area contributed by atoms with Crippen molar-refractivity contribution in [3.8, 4) is 0 Å². The third-order valence-corrected chi connectivity index (χ3v) is 5.11. The van der Waals surface area contributed by atoms with Gasteiger partial charge in [-0.15, -0.1) is 0 Å². The summed E-state index contributed by atoms with van der Waals surface area (Å²) in [6.45, 7) is 5.69. The highest BCUT2D eigenvalue weighted by molar-refractivity contribution is 6.36. The summed E-state index contributed by atoms with van der Waals surface area (Å²) in [6, 6.07) is 7.20. The molecule has 1 aromatic carbocycles. The molecule has 0 aliphatic heterocycles. The molecule has 1 amide bonds. The largest absolute Gasteiger partial charge is 0.478 e. The lowest BCUT2D eigenvalue weighted by atomic mass is 10.1. The summed E-state index contributed by atoms with van der Waals surface area (Å²) in [5, 5.41) is 11.9. The summed E-state index contributed by atoms with van der Waals surface area (Å²) in [7, 11) is -0.515. The van der Waals surface area contributed by atoms with Crippen molar-refractivity contribution >= 4 is 21.4 Å². The van der Waals surface area contributed by atoms with Gasteiger partial charge in [0.1, 0.15) is 5.91 Å². The van der Waals surface area contributed by atoms with Crippen molar-refractivity contribution in [3.05, 3.63) is 35.4 Å².